The quantitative estimate of drug-likeness (QED) is 0.881. The molecular formula is C12H15N3S. The topological polar surface area (TPSA) is 37.8 Å². The van der Waals surface area contributed by atoms with Gasteiger partial charge in [0.2, 0.25) is 0 Å². The predicted octanol–water partition coefficient (Wildman–Crippen LogP) is 2.41. The zero-order valence-corrected chi connectivity index (χ0v) is 10.3. The van der Waals surface area contributed by atoms with Gasteiger partial charge in [-0.2, -0.15) is 0 Å². The summed E-state index contributed by atoms with van der Waals surface area (Å²) in [5.41, 5.74) is 3.57. The van der Waals surface area contributed by atoms with Crippen LogP contribution in [0.25, 0.3) is 0 Å². The Morgan fingerprint density at radius 3 is 2.56 bits per heavy atom. The number of hydrogen-bond donors (Lipinski definition) is 1. The number of rotatable bonds is 4. The highest BCUT2D eigenvalue weighted by atomic mass is 32.1. The summed E-state index contributed by atoms with van der Waals surface area (Å²) >= 11 is 1.38. The molecule has 0 amide bonds. The third-order valence-corrected chi connectivity index (χ3v) is 3.21. The van der Waals surface area contributed by atoms with Crippen LogP contribution in [0.2, 0.25) is 0 Å². The van der Waals surface area contributed by atoms with Crippen LogP contribution in [0.15, 0.2) is 29.6 Å². The fourth-order valence-electron chi connectivity index (χ4n) is 1.73. The van der Waals surface area contributed by atoms with Crippen LogP contribution in [0.3, 0.4) is 0 Å². The van der Waals surface area contributed by atoms with Gasteiger partial charge in [0.25, 0.3) is 0 Å². The highest BCUT2D eigenvalue weighted by molar-refractivity contribution is 7.03. The van der Waals surface area contributed by atoms with Gasteiger partial charge in [-0.15, -0.1) is 5.10 Å². The van der Waals surface area contributed by atoms with Crippen LogP contribution in [-0.4, -0.2) is 16.6 Å². The second kappa shape index (κ2) is 5.18. The first-order valence-corrected chi connectivity index (χ1v) is 6.22. The van der Waals surface area contributed by atoms with Crippen molar-refractivity contribution in [2.24, 2.45) is 0 Å². The molecule has 4 heteroatoms. The van der Waals surface area contributed by atoms with Gasteiger partial charge in [-0.25, -0.2) is 0 Å². The summed E-state index contributed by atoms with van der Waals surface area (Å²) in [5, 5.41) is 9.36. The standard InChI is InChI=1S/C12H15N3S/c1-3-9-4-6-10(7-5-9)12(13-2)11-8-16-15-14-11/h4-8,12-13H,3H2,1-2H3. The molecule has 1 N–H and O–H groups in total. The van der Waals surface area contributed by atoms with E-state index in [1.54, 1.807) is 0 Å². The minimum Gasteiger partial charge on any atom is -0.308 e. The maximum atomic E-state index is 4.11. The zero-order valence-electron chi connectivity index (χ0n) is 9.47. The third kappa shape index (κ3) is 2.28. The number of benzene rings is 1. The highest BCUT2D eigenvalue weighted by Crippen LogP contribution is 2.20. The molecule has 1 unspecified atom stereocenters. The Balaban J connectivity index is 2.27. The molecule has 2 rings (SSSR count). The number of aryl methyl sites for hydroxylation is 1. The van der Waals surface area contributed by atoms with E-state index in [9.17, 15) is 0 Å². The lowest BCUT2D eigenvalue weighted by Crippen LogP contribution is -2.18. The molecule has 0 radical (unpaired) electrons. The SMILES string of the molecule is CCc1ccc(C(NC)c2csnn2)cc1. The van der Waals surface area contributed by atoms with Crippen molar-refractivity contribution in [3.05, 3.63) is 46.5 Å². The molecule has 84 valence electrons. The summed E-state index contributed by atoms with van der Waals surface area (Å²) in [6.07, 6.45) is 1.07. The summed E-state index contributed by atoms with van der Waals surface area (Å²) in [4.78, 5) is 0. The molecule has 2 aromatic rings. The molecule has 1 aromatic carbocycles. The average Bonchev–Trinajstić information content (AvgIpc) is 2.85. The maximum absolute atomic E-state index is 4.11. The molecule has 0 fully saturated rings. The van der Waals surface area contributed by atoms with Crippen molar-refractivity contribution in [2.45, 2.75) is 19.4 Å². The Bertz CT molecular complexity index is 422. The lowest BCUT2D eigenvalue weighted by molar-refractivity contribution is 0.667. The van der Waals surface area contributed by atoms with E-state index in [-0.39, 0.29) is 6.04 Å². The number of nitrogens with zero attached hydrogens (tertiary/aromatic N) is 2. The van der Waals surface area contributed by atoms with Crippen LogP contribution in [0, 0.1) is 0 Å². The van der Waals surface area contributed by atoms with E-state index < -0.39 is 0 Å². The Labute approximate surface area is 99.7 Å². The largest absolute Gasteiger partial charge is 0.308 e. The maximum Gasteiger partial charge on any atom is 0.0970 e. The molecule has 0 aliphatic rings. The van der Waals surface area contributed by atoms with Gasteiger partial charge >= 0.3 is 0 Å². The minimum absolute atomic E-state index is 0.143. The Kier molecular flexibility index (Phi) is 3.64. The first-order valence-electron chi connectivity index (χ1n) is 5.38. The van der Waals surface area contributed by atoms with Crippen molar-refractivity contribution in [1.82, 2.24) is 14.9 Å². The molecule has 0 saturated heterocycles. The normalized spacial score (nSPS) is 12.6. The summed E-state index contributed by atoms with van der Waals surface area (Å²) in [5.74, 6) is 0. The van der Waals surface area contributed by atoms with Gasteiger partial charge in [-0.05, 0) is 36.1 Å². The van der Waals surface area contributed by atoms with Gasteiger partial charge < -0.3 is 5.32 Å². The molecule has 1 aromatic heterocycles. The first-order chi connectivity index (χ1) is 7.85. The number of hydrogen-bond acceptors (Lipinski definition) is 4. The molecule has 0 spiro atoms. The smallest absolute Gasteiger partial charge is 0.0970 e. The molecule has 0 aliphatic heterocycles. The van der Waals surface area contributed by atoms with Gasteiger partial charge in [0.1, 0.15) is 0 Å². The van der Waals surface area contributed by atoms with Crippen LogP contribution >= 0.6 is 11.5 Å². The van der Waals surface area contributed by atoms with Crippen LogP contribution in [0.5, 0.6) is 0 Å². The first kappa shape index (κ1) is 11.2. The van der Waals surface area contributed by atoms with E-state index in [1.807, 2.05) is 12.4 Å². The van der Waals surface area contributed by atoms with Gasteiger partial charge in [0.05, 0.1) is 11.7 Å². The number of nitrogens with one attached hydrogen (secondary N) is 1. The lowest BCUT2D eigenvalue weighted by Gasteiger charge is -2.13. The summed E-state index contributed by atoms with van der Waals surface area (Å²) in [6, 6.07) is 8.78. The van der Waals surface area contributed by atoms with Gasteiger partial charge in [0, 0.05) is 5.38 Å². The Morgan fingerprint density at radius 1 is 1.31 bits per heavy atom. The van der Waals surface area contributed by atoms with Gasteiger partial charge in [0.15, 0.2) is 0 Å². The van der Waals surface area contributed by atoms with Crippen molar-refractivity contribution in [1.29, 1.82) is 0 Å². The second-order valence-corrected chi connectivity index (χ2v) is 4.26. The van der Waals surface area contributed by atoms with Crippen molar-refractivity contribution in [2.75, 3.05) is 7.05 Å². The predicted molar refractivity (Wildman–Crippen MR) is 66.6 cm³/mol. The molecule has 0 bridgehead atoms. The Morgan fingerprint density at radius 2 is 2.06 bits per heavy atom. The van der Waals surface area contributed by atoms with E-state index in [0.29, 0.717) is 0 Å². The van der Waals surface area contributed by atoms with Crippen LogP contribution in [0.4, 0.5) is 0 Å². The van der Waals surface area contributed by atoms with Crippen LogP contribution in [-0.2, 0) is 6.42 Å². The van der Waals surface area contributed by atoms with Crippen molar-refractivity contribution in [3.63, 3.8) is 0 Å². The zero-order chi connectivity index (χ0) is 11.4. The van der Waals surface area contributed by atoms with E-state index in [2.05, 4.69) is 46.1 Å². The number of aromatic nitrogens is 2. The fourth-order valence-corrected chi connectivity index (χ4v) is 2.21. The minimum atomic E-state index is 0.143. The lowest BCUT2D eigenvalue weighted by atomic mass is 10.0. The molecule has 1 atom stereocenters. The summed E-state index contributed by atoms with van der Waals surface area (Å²) < 4.78 is 3.90. The second-order valence-electron chi connectivity index (χ2n) is 3.65. The van der Waals surface area contributed by atoms with Crippen molar-refractivity contribution < 1.29 is 0 Å². The average molecular weight is 233 g/mol. The van der Waals surface area contributed by atoms with Crippen LogP contribution < -0.4 is 5.32 Å². The van der Waals surface area contributed by atoms with Gasteiger partial charge in [-0.3, -0.25) is 0 Å². The van der Waals surface area contributed by atoms with Crippen molar-refractivity contribution >= 4 is 11.5 Å². The molecule has 3 nitrogen and oxygen atoms in total. The van der Waals surface area contributed by atoms with E-state index in [1.165, 1.54) is 22.7 Å². The van der Waals surface area contributed by atoms with E-state index >= 15 is 0 Å². The summed E-state index contributed by atoms with van der Waals surface area (Å²) in [7, 11) is 1.94. The van der Waals surface area contributed by atoms with Gasteiger partial charge in [-0.1, -0.05) is 35.7 Å². The fraction of sp³-hybridized carbons (Fsp3) is 0.333. The summed E-state index contributed by atoms with van der Waals surface area (Å²) in [6.45, 7) is 2.16. The Hall–Kier alpha value is -1.26. The highest BCUT2D eigenvalue weighted by Gasteiger charge is 2.13. The molecular weight excluding hydrogens is 218 g/mol. The van der Waals surface area contributed by atoms with Crippen molar-refractivity contribution in [3.8, 4) is 0 Å². The molecule has 0 saturated carbocycles. The third-order valence-electron chi connectivity index (χ3n) is 2.68. The van der Waals surface area contributed by atoms with Crippen LogP contribution in [0.1, 0.15) is 29.8 Å². The molecule has 1 heterocycles. The van der Waals surface area contributed by atoms with E-state index in [4.69, 9.17) is 0 Å². The molecule has 16 heavy (non-hydrogen) atoms. The van der Waals surface area contributed by atoms with E-state index in [0.717, 1.165) is 12.1 Å². The monoisotopic (exact) mass is 233 g/mol. The molecule has 0 aliphatic carbocycles.